The van der Waals surface area contributed by atoms with Crippen LogP contribution in [0.1, 0.15) is 13.3 Å². The first kappa shape index (κ1) is 7.99. The lowest BCUT2D eigenvalue weighted by Gasteiger charge is -2.06. The van der Waals surface area contributed by atoms with E-state index in [4.69, 9.17) is 11.8 Å². The second kappa shape index (κ2) is 5.13. The van der Waals surface area contributed by atoms with Crippen LogP contribution in [0.5, 0.6) is 0 Å². The molecule has 0 spiro atoms. The van der Waals surface area contributed by atoms with E-state index in [0.29, 0.717) is 0 Å². The van der Waals surface area contributed by atoms with Crippen LogP contribution < -0.4 is 0 Å². The molecule has 0 atom stereocenters. The fourth-order valence-corrected chi connectivity index (χ4v) is 0.741. The Morgan fingerprint density at radius 1 is 1.75 bits per heavy atom. The Morgan fingerprint density at radius 3 is 2.75 bits per heavy atom. The molecule has 1 nitrogen and oxygen atoms in total. The van der Waals surface area contributed by atoms with E-state index in [0.717, 1.165) is 19.5 Å². The minimum Gasteiger partial charge on any atom is -0.216 e. The third-order valence-electron chi connectivity index (χ3n) is 0.793. The smallest absolute Gasteiger partial charge is 0.0317 e. The molecule has 0 saturated heterocycles. The standard InChI is InChI=1S/C6H12ClN/c1-3-5-8(7)6-4-2/h3H,1,4-6H2,2H3. The molecule has 0 saturated carbocycles. The van der Waals surface area contributed by atoms with E-state index in [1.165, 1.54) is 0 Å². The molecule has 0 fully saturated rings. The predicted octanol–water partition coefficient (Wildman–Crippen LogP) is 2.04. The molecule has 0 aliphatic heterocycles. The van der Waals surface area contributed by atoms with E-state index in [1.807, 2.05) is 0 Å². The van der Waals surface area contributed by atoms with Crippen molar-refractivity contribution in [2.45, 2.75) is 13.3 Å². The third kappa shape index (κ3) is 4.16. The fraction of sp³-hybridized carbons (Fsp3) is 0.667. The lowest BCUT2D eigenvalue weighted by molar-refractivity contribution is 0.499. The summed E-state index contributed by atoms with van der Waals surface area (Å²) in [6, 6.07) is 0. The third-order valence-corrected chi connectivity index (χ3v) is 1.10. The van der Waals surface area contributed by atoms with Crippen LogP contribution in [0.15, 0.2) is 12.7 Å². The summed E-state index contributed by atoms with van der Waals surface area (Å²) in [7, 11) is 0. The van der Waals surface area contributed by atoms with Crippen molar-refractivity contribution in [1.82, 2.24) is 4.42 Å². The van der Waals surface area contributed by atoms with Gasteiger partial charge in [0.05, 0.1) is 0 Å². The summed E-state index contributed by atoms with van der Waals surface area (Å²) in [4.78, 5) is 0. The van der Waals surface area contributed by atoms with Crippen LogP contribution in [0, 0.1) is 0 Å². The molecular formula is C6H12ClN. The maximum Gasteiger partial charge on any atom is 0.0317 e. The minimum atomic E-state index is 0.773. The lowest BCUT2D eigenvalue weighted by Crippen LogP contribution is -2.11. The van der Waals surface area contributed by atoms with Crippen molar-refractivity contribution >= 4 is 11.8 Å². The summed E-state index contributed by atoms with van der Waals surface area (Å²) in [6.45, 7) is 7.36. The largest absolute Gasteiger partial charge is 0.216 e. The van der Waals surface area contributed by atoms with Gasteiger partial charge in [-0.3, -0.25) is 0 Å². The Kier molecular flexibility index (Phi) is 5.13. The van der Waals surface area contributed by atoms with Gasteiger partial charge in [-0.2, -0.15) is 0 Å². The van der Waals surface area contributed by atoms with Crippen LogP contribution in [-0.4, -0.2) is 17.5 Å². The second-order valence-corrected chi connectivity index (χ2v) is 2.14. The molecule has 0 aliphatic rings. The molecular weight excluding hydrogens is 122 g/mol. The van der Waals surface area contributed by atoms with Crippen LogP contribution in [0.25, 0.3) is 0 Å². The molecule has 0 unspecified atom stereocenters. The molecule has 0 bridgehead atoms. The van der Waals surface area contributed by atoms with Crippen molar-refractivity contribution in [3.05, 3.63) is 12.7 Å². The van der Waals surface area contributed by atoms with Crippen LogP contribution in [0.4, 0.5) is 0 Å². The average Bonchev–Trinajstić information content (AvgIpc) is 1.68. The quantitative estimate of drug-likeness (QED) is 0.419. The molecule has 48 valence electrons. The number of nitrogens with zero attached hydrogens (tertiary/aromatic N) is 1. The van der Waals surface area contributed by atoms with Crippen LogP contribution in [0.3, 0.4) is 0 Å². The summed E-state index contributed by atoms with van der Waals surface area (Å²) < 4.78 is 1.72. The van der Waals surface area contributed by atoms with Gasteiger partial charge in [0.2, 0.25) is 0 Å². The number of rotatable bonds is 4. The molecule has 0 rings (SSSR count). The normalized spacial score (nSPS) is 9.88. The van der Waals surface area contributed by atoms with Crippen molar-refractivity contribution in [1.29, 1.82) is 0 Å². The van der Waals surface area contributed by atoms with Crippen molar-refractivity contribution in [3.8, 4) is 0 Å². The Hall–Kier alpha value is -0.0100. The van der Waals surface area contributed by atoms with E-state index < -0.39 is 0 Å². The molecule has 0 aromatic heterocycles. The summed E-state index contributed by atoms with van der Waals surface area (Å²) in [5.41, 5.74) is 0. The van der Waals surface area contributed by atoms with Gasteiger partial charge < -0.3 is 0 Å². The first-order valence-corrected chi connectivity index (χ1v) is 3.16. The maximum atomic E-state index is 5.64. The Balaban J connectivity index is 3.03. The van der Waals surface area contributed by atoms with E-state index in [-0.39, 0.29) is 0 Å². The lowest BCUT2D eigenvalue weighted by atomic mass is 10.5. The van der Waals surface area contributed by atoms with Gasteiger partial charge in [-0.15, -0.1) is 6.58 Å². The highest BCUT2D eigenvalue weighted by Gasteiger charge is 1.91. The molecule has 2 heteroatoms. The molecule has 0 amide bonds. The molecule has 0 radical (unpaired) electrons. The van der Waals surface area contributed by atoms with Crippen molar-refractivity contribution in [3.63, 3.8) is 0 Å². The highest BCUT2D eigenvalue weighted by Crippen LogP contribution is 1.93. The van der Waals surface area contributed by atoms with Gasteiger partial charge in [-0.25, -0.2) is 4.42 Å². The number of halogens is 1. The van der Waals surface area contributed by atoms with Crippen LogP contribution in [-0.2, 0) is 0 Å². The van der Waals surface area contributed by atoms with Gasteiger partial charge in [0.25, 0.3) is 0 Å². The molecule has 8 heavy (non-hydrogen) atoms. The van der Waals surface area contributed by atoms with Gasteiger partial charge in [0, 0.05) is 13.1 Å². The van der Waals surface area contributed by atoms with Gasteiger partial charge in [-0.1, -0.05) is 13.0 Å². The summed E-state index contributed by atoms with van der Waals surface area (Å²) >= 11 is 5.64. The van der Waals surface area contributed by atoms with Gasteiger partial charge in [0.15, 0.2) is 0 Å². The average molecular weight is 134 g/mol. The second-order valence-electron chi connectivity index (χ2n) is 1.66. The van der Waals surface area contributed by atoms with E-state index in [1.54, 1.807) is 10.5 Å². The van der Waals surface area contributed by atoms with Gasteiger partial charge in [0.1, 0.15) is 0 Å². The zero-order valence-corrected chi connectivity index (χ0v) is 5.99. The summed E-state index contributed by atoms with van der Waals surface area (Å²) in [6.07, 6.45) is 2.89. The highest BCUT2D eigenvalue weighted by atomic mass is 35.5. The van der Waals surface area contributed by atoms with Crippen molar-refractivity contribution in [2.75, 3.05) is 13.1 Å². The van der Waals surface area contributed by atoms with Gasteiger partial charge in [-0.05, 0) is 18.2 Å². The molecule has 0 heterocycles. The number of hydrogen-bond donors (Lipinski definition) is 0. The van der Waals surface area contributed by atoms with Crippen LogP contribution >= 0.6 is 11.8 Å². The maximum absolute atomic E-state index is 5.64. The first-order chi connectivity index (χ1) is 3.81. The Labute approximate surface area is 56.0 Å². The van der Waals surface area contributed by atoms with Crippen LogP contribution in [0.2, 0.25) is 0 Å². The predicted molar refractivity (Wildman–Crippen MR) is 37.9 cm³/mol. The van der Waals surface area contributed by atoms with Crippen molar-refractivity contribution < 1.29 is 0 Å². The number of hydrogen-bond acceptors (Lipinski definition) is 1. The zero-order valence-electron chi connectivity index (χ0n) is 5.23. The summed E-state index contributed by atoms with van der Waals surface area (Å²) in [5, 5.41) is 0. The fourth-order valence-electron chi connectivity index (χ4n) is 0.474. The monoisotopic (exact) mass is 133 g/mol. The van der Waals surface area contributed by atoms with E-state index in [2.05, 4.69) is 13.5 Å². The van der Waals surface area contributed by atoms with Crippen molar-refractivity contribution in [2.24, 2.45) is 0 Å². The Morgan fingerprint density at radius 2 is 2.38 bits per heavy atom. The Bertz CT molecular complexity index is 63.5. The van der Waals surface area contributed by atoms with E-state index >= 15 is 0 Å². The first-order valence-electron chi connectivity index (χ1n) is 2.83. The molecule has 0 N–H and O–H groups in total. The summed E-state index contributed by atoms with van der Waals surface area (Å²) in [5.74, 6) is 0. The topological polar surface area (TPSA) is 3.24 Å². The highest BCUT2D eigenvalue weighted by molar-refractivity contribution is 6.13. The minimum absolute atomic E-state index is 0.773. The zero-order chi connectivity index (χ0) is 6.41. The molecule has 0 aromatic carbocycles. The SMILES string of the molecule is C=CCN(Cl)CCC. The van der Waals surface area contributed by atoms with Gasteiger partial charge >= 0.3 is 0 Å². The molecule has 0 aromatic rings. The molecule has 0 aliphatic carbocycles. The van der Waals surface area contributed by atoms with E-state index in [9.17, 15) is 0 Å².